The van der Waals surface area contributed by atoms with Gasteiger partial charge >= 0.3 is 5.97 Å². The Kier molecular flexibility index (Phi) is 4.09. The van der Waals surface area contributed by atoms with Crippen molar-refractivity contribution in [2.75, 3.05) is 19.6 Å². The maximum atomic E-state index is 12.6. The van der Waals surface area contributed by atoms with Crippen molar-refractivity contribution in [2.24, 2.45) is 0 Å². The van der Waals surface area contributed by atoms with E-state index in [1.54, 1.807) is 0 Å². The monoisotopic (exact) mass is 237 g/mol. The average molecular weight is 237 g/mol. The van der Waals surface area contributed by atoms with Crippen LogP contribution in [0.5, 0.6) is 5.75 Å². The Bertz CT molecular complexity index is 372. The van der Waals surface area contributed by atoms with E-state index in [4.69, 9.17) is 4.74 Å². The first-order chi connectivity index (χ1) is 8.24. The standard InChI is InChI=1S/C13H16FNO2/c14-11-4-6-12(7-5-11)17-13(16)10-15-8-2-1-3-9-15/h4-7H,1-3,8-10H2. The van der Waals surface area contributed by atoms with Crippen molar-refractivity contribution in [3.8, 4) is 5.75 Å². The molecule has 0 bridgehead atoms. The van der Waals surface area contributed by atoms with E-state index in [0.717, 1.165) is 25.9 Å². The molecule has 1 aliphatic rings. The van der Waals surface area contributed by atoms with Crippen LogP contribution in [0.25, 0.3) is 0 Å². The van der Waals surface area contributed by atoms with Crippen LogP contribution >= 0.6 is 0 Å². The quantitative estimate of drug-likeness (QED) is 0.596. The van der Waals surface area contributed by atoms with E-state index in [2.05, 4.69) is 4.90 Å². The highest BCUT2D eigenvalue weighted by molar-refractivity contribution is 5.74. The Morgan fingerprint density at radius 1 is 1.18 bits per heavy atom. The second kappa shape index (κ2) is 5.77. The van der Waals surface area contributed by atoms with Gasteiger partial charge in [0, 0.05) is 0 Å². The number of benzene rings is 1. The number of nitrogens with zero attached hydrogens (tertiary/aromatic N) is 1. The zero-order chi connectivity index (χ0) is 12.1. The van der Waals surface area contributed by atoms with Crippen LogP contribution in [-0.2, 0) is 4.79 Å². The summed E-state index contributed by atoms with van der Waals surface area (Å²) in [5.41, 5.74) is 0. The molecule has 2 rings (SSSR count). The molecule has 1 aromatic carbocycles. The number of likely N-dealkylation sites (tertiary alicyclic amines) is 1. The molecule has 1 saturated heterocycles. The topological polar surface area (TPSA) is 29.5 Å². The van der Waals surface area contributed by atoms with Crippen molar-refractivity contribution in [1.29, 1.82) is 0 Å². The number of ether oxygens (including phenoxy) is 1. The molecule has 0 aromatic heterocycles. The van der Waals surface area contributed by atoms with Crippen molar-refractivity contribution in [3.63, 3.8) is 0 Å². The first-order valence-electron chi connectivity index (χ1n) is 5.92. The number of esters is 1. The molecule has 0 saturated carbocycles. The molecule has 0 unspecified atom stereocenters. The van der Waals surface area contributed by atoms with Gasteiger partial charge in [0.05, 0.1) is 6.54 Å². The summed E-state index contributed by atoms with van der Waals surface area (Å²) < 4.78 is 17.8. The van der Waals surface area contributed by atoms with Gasteiger partial charge in [-0.05, 0) is 50.2 Å². The number of hydrogen-bond donors (Lipinski definition) is 0. The lowest BCUT2D eigenvalue weighted by Crippen LogP contribution is -2.36. The summed E-state index contributed by atoms with van der Waals surface area (Å²) in [6, 6.07) is 5.49. The predicted octanol–water partition coefficient (Wildman–Crippen LogP) is 2.22. The zero-order valence-corrected chi connectivity index (χ0v) is 9.69. The van der Waals surface area contributed by atoms with Crippen LogP contribution in [0, 0.1) is 5.82 Å². The van der Waals surface area contributed by atoms with Crippen molar-refractivity contribution in [3.05, 3.63) is 30.1 Å². The zero-order valence-electron chi connectivity index (χ0n) is 9.69. The van der Waals surface area contributed by atoms with Crippen molar-refractivity contribution < 1.29 is 13.9 Å². The molecule has 4 heteroatoms. The maximum Gasteiger partial charge on any atom is 0.325 e. The number of halogens is 1. The fourth-order valence-electron chi connectivity index (χ4n) is 1.97. The first kappa shape index (κ1) is 12.0. The van der Waals surface area contributed by atoms with Crippen LogP contribution in [0.2, 0.25) is 0 Å². The number of piperidine rings is 1. The maximum absolute atomic E-state index is 12.6. The van der Waals surface area contributed by atoms with E-state index in [1.165, 1.54) is 30.7 Å². The van der Waals surface area contributed by atoms with E-state index in [9.17, 15) is 9.18 Å². The lowest BCUT2D eigenvalue weighted by molar-refractivity contribution is -0.135. The lowest BCUT2D eigenvalue weighted by atomic mass is 10.1. The highest BCUT2D eigenvalue weighted by atomic mass is 19.1. The van der Waals surface area contributed by atoms with Gasteiger partial charge in [0.2, 0.25) is 0 Å². The molecule has 0 amide bonds. The summed E-state index contributed by atoms with van der Waals surface area (Å²) in [6.07, 6.45) is 3.52. The van der Waals surface area contributed by atoms with Crippen LogP contribution in [-0.4, -0.2) is 30.5 Å². The van der Waals surface area contributed by atoms with Crippen LogP contribution < -0.4 is 4.74 Å². The molecule has 1 fully saturated rings. The van der Waals surface area contributed by atoms with Gasteiger partial charge in [-0.2, -0.15) is 0 Å². The van der Waals surface area contributed by atoms with Crippen LogP contribution in [0.3, 0.4) is 0 Å². The van der Waals surface area contributed by atoms with Gasteiger partial charge in [0.1, 0.15) is 11.6 Å². The molecule has 1 heterocycles. The Morgan fingerprint density at radius 3 is 2.47 bits per heavy atom. The van der Waals surface area contributed by atoms with Crippen molar-refractivity contribution >= 4 is 5.97 Å². The smallest absolute Gasteiger partial charge is 0.325 e. The van der Waals surface area contributed by atoms with E-state index >= 15 is 0 Å². The minimum Gasteiger partial charge on any atom is -0.426 e. The van der Waals surface area contributed by atoms with Gasteiger partial charge in [0.15, 0.2) is 0 Å². The molecule has 0 radical (unpaired) electrons. The molecule has 92 valence electrons. The highest BCUT2D eigenvalue weighted by Gasteiger charge is 2.15. The molecule has 0 atom stereocenters. The minimum absolute atomic E-state index is 0.279. The predicted molar refractivity (Wildman–Crippen MR) is 62.3 cm³/mol. The molecule has 0 aliphatic carbocycles. The van der Waals surface area contributed by atoms with Crippen LogP contribution in [0.15, 0.2) is 24.3 Å². The molecule has 1 aromatic rings. The molecule has 17 heavy (non-hydrogen) atoms. The number of rotatable bonds is 3. The summed E-state index contributed by atoms with van der Waals surface area (Å²) >= 11 is 0. The minimum atomic E-state index is -0.333. The van der Waals surface area contributed by atoms with Crippen LogP contribution in [0.1, 0.15) is 19.3 Å². The third-order valence-corrected chi connectivity index (χ3v) is 2.85. The summed E-state index contributed by atoms with van der Waals surface area (Å²) in [5.74, 6) is -0.215. The van der Waals surface area contributed by atoms with E-state index in [-0.39, 0.29) is 11.8 Å². The third-order valence-electron chi connectivity index (χ3n) is 2.85. The molecule has 0 N–H and O–H groups in total. The normalized spacial score (nSPS) is 16.8. The summed E-state index contributed by atoms with van der Waals surface area (Å²) in [7, 11) is 0. The van der Waals surface area contributed by atoms with Gasteiger partial charge in [-0.25, -0.2) is 4.39 Å². The fraction of sp³-hybridized carbons (Fsp3) is 0.462. The van der Waals surface area contributed by atoms with Gasteiger partial charge < -0.3 is 4.74 Å². The van der Waals surface area contributed by atoms with Gasteiger partial charge in [-0.15, -0.1) is 0 Å². The lowest BCUT2D eigenvalue weighted by Gasteiger charge is -2.25. The molecular weight excluding hydrogens is 221 g/mol. The fourth-order valence-corrected chi connectivity index (χ4v) is 1.97. The summed E-state index contributed by atoms with van der Waals surface area (Å²) in [4.78, 5) is 13.7. The molecule has 3 nitrogen and oxygen atoms in total. The molecular formula is C13H16FNO2. The second-order valence-electron chi connectivity index (χ2n) is 4.26. The molecule has 0 spiro atoms. The Hall–Kier alpha value is -1.42. The van der Waals surface area contributed by atoms with Crippen molar-refractivity contribution in [1.82, 2.24) is 4.90 Å². The van der Waals surface area contributed by atoms with Crippen molar-refractivity contribution in [2.45, 2.75) is 19.3 Å². The van der Waals surface area contributed by atoms with Gasteiger partial charge in [0.25, 0.3) is 0 Å². The van der Waals surface area contributed by atoms with Gasteiger partial charge in [-0.3, -0.25) is 9.69 Å². The number of carbonyl (C=O) groups is 1. The first-order valence-corrected chi connectivity index (χ1v) is 5.92. The van der Waals surface area contributed by atoms with Gasteiger partial charge in [-0.1, -0.05) is 6.42 Å². The summed E-state index contributed by atoms with van der Waals surface area (Å²) in [5, 5.41) is 0. The largest absolute Gasteiger partial charge is 0.426 e. The average Bonchev–Trinajstić information content (AvgIpc) is 2.33. The highest BCUT2D eigenvalue weighted by Crippen LogP contribution is 2.12. The van der Waals surface area contributed by atoms with E-state index in [0.29, 0.717) is 12.3 Å². The number of carbonyl (C=O) groups excluding carboxylic acids is 1. The van der Waals surface area contributed by atoms with Crippen LogP contribution in [0.4, 0.5) is 4.39 Å². The Balaban J connectivity index is 1.82. The van der Waals surface area contributed by atoms with E-state index in [1.807, 2.05) is 0 Å². The second-order valence-corrected chi connectivity index (χ2v) is 4.26. The third kappa shape index (κ3) is 3.82. The Morgan fingerprint density at radius 2 is 1.82 bits per heavy atom. The van der Waals surface area contributed by atoms with E-state index < -0.39 is 0 Å². The molecule has 1 aliphatic heterocycles. The SMILES string of the molecule is O=C(CN1CCCCC1)Oc1ccc(F)cc1. The number of hydrogen-bond acceptors (Lipinski definition) is 3. The Labute approximate surface area is 100 Å². The summed E-state index contributed by atoms with van der Waals surface area (Å²) in [6.45, 7) is 2.23.